The van der Waals surface area contributed by atoms with Gasteiger partial charge in [0, 0.05) is 23.6 Å². The van der Waals surface area contributed by atoms with Crippen molar-refractivity contribution in [2.75, 3.05) is 11.5 Å². The Balaban J connectivity index is 1.59. The fourth-order valence-electron chi connectivity index (χ4n) is 2.72. The van der Waals surface area contributed by atoms with Crippen molar-refractivity contribution in [3.63, 3.8) is 0 Å². The van der Waals surface area contributed by atoms with Gasteiger partial charge in [-0.05, 0) is 18.4 Å². The first-order valence-electron chi connectivity index (χ1n) is 6.41. The summed E-state index contributed by atoms with van der Waals surface area (Å²) in [5.41, 5.74) is 1.05. The number of hydrogen-bond acceptors (Lipinski definition) is 3. The van der Waals surface area contributed by atoms with E-state index >= 15 is 0 Å². The molecule has 2 aliphatic rings. The minimum absolute atomic E-state index is 0.133. The van der Waals surface area contributed by atoms with Crippen LogP contribution in [0.4, 0.5) is 4.79 Å². The van der Waals surface area contributed by atoms with Crippen molar-refractivity contribution in [1.29, 1.82) is 0 Å². The van der Waals surface area contributed by atoms with Gasteiger partial charge in [-0.2, -0.15) is 11.8 Å². The second-order valence-corrected chi connectivity index (χ2v) is 5.94. The van der Waals surface area contributed by atoms with Crippen molar-refractivity contribution in [3.8, 4) is 0 Å². The molecule has 2 heterocycles. The molecule has 2 unspecified atom stereocenters. The number of fused-ring (bicyclic) bond motifs is 2. The van der Waals surface area contributed by atoms with Crippen LogP contribution in [-0.4, -0.2) is 34.6 Å². The summed E-state index contributed by atoms with van der Waals surface area (Å²) in [5, 5.41) is 0. The van der Waals surface area contributed by atoms with E-state index in [1.54, 1.807) is 0 Å². The monoisotopic (exact) mass is 263 g/mol. The third-order valence-electron chi connectivity index (χ3n) is 3.66. The van der Waals surface area contributed by atoms with Crippen LogP contribution in [0.2, 0.25) is 0 Å². The molecule has 1 aromatic carbocycles. The number of nitrogens with zero attached hydrogens (tertiary/aromatic N) is 1. The fourth-order valence-corrected chi connectivity index (χ4v) is 4.06. The Morgan fingerprint density at radius 1 is 1.22 bits per heavy atom. The third-order valence-corrected chi connectivity index (χ3v) is 4.90. The smallest absolute Gasteiger partial charge is 0.410 e. The molecule has 96 valence electrons. The lowest BCUT2D eigenvalue weighted by Gasteiger charge is -2.33. The predicted molar refractivity (Wildman–Crippen MR) is 72.6 cm³/mol. The van der Waals surface area contributed by atoms with E-state index in [4.69, 9.17) is 4.74 Å². The molecule has 1 amide bonds. The average molecular weight is 263 g/mol. The quantitative estimate of drug-likeness (QED) is 0.821. The number of thioether (sulfide) groups is 1. The van der Waals surface area contributed by atoms with Crippen LogP contribution in [0, 0.1) is 0 Å². The highest BCUT2D eigenvalue weighted by Gasteiger charge is 2.40. The van der Waals surface area contributed by atoms with E-state index in [1.165, 1.54) is 0 Å². The summed E-state index contributed by atoms with van der Waals surface area (Å²) in [5.74, 6) is 2.13. The summed E-state index contributed by atoms with van der Waals surface area (Å²) in [6.45, 7) is 0.378. The molecule has 1 aromatic rings. The van der Waals surface area contributed by atoms with Gasteiger partial charge in [-0.3, -0.25) is 0 Å². The van der Waals surface area contributed by atoms with Crippen molar-refractivity contribution >= 4 is 17.9 Å². The van der Waals surface area contributed by atoms with Crippen LogP contribution in [0.25, 0.3) is 0 Å². The molecule has 0 aliphatic carbocycles. The van der Waals surface area contributed by atoms with Gasteiger partial charge in [0.25, 0.3) is 0 Å². The first kappa shape index (κ1) is 11.9. The Labute approximate surface area is 111 Å². The fraction of sp³-hybridized carbons (Fsp3) is 0.500. The van der Waals surface area contributed by atoms with Gasteiger partial charge in [-0.15, -0.1) is 0 Å². The maximum absolute atomic E-state index is 12.1. The molecular weight excluding hydrogens is 246 g/mol. The largest absolute Gasteiger partial charge is 0.445 e. The van der Waals surface area contributed by atoms with Gasteiger partial charge in [0.1, 0.15) is 6.61 Å². The number of carbonyl (C=O) groups excluding carboxylic acids is 1. The summed E-state index contributed by atoms with van der Waals surface area (Å²) in [7, 11) is 0. The highest BCUT2D eigenvalue weighted by atomic mass is 32.2. The summed E-state index contributed by atoms with van der Waals surface area (Å²) < 4.78 is 5.43. The minimum atomic E-state index is -0.133. The number of ether oxygens (including phenoxy) is 1. The van der Waals surface area contributed by atoms with Crippen molar-refractivity contribution in [1.82, 2.24) is 4.90 Å². The zero-order valence-electron chi connectivity index (χ0n) is 10.2. The van der Waals surface area contributed by atoms with Gasteiger partial charge in [0.2, 0.25) is 0 Å². The Bertz CT molecular complexity index is 407. The normalized spacial score (nSPS) is 26.1. The van der Waals surface area contributed by atoms with Crippen molar-refractivity contribution in [3.05, 3.63) is 35.9 Å². The van der Waals surface area contributed by atoms with Crippen LogP contribution >= 0.6 is 11.8 Å². The SMILES string of the molecule is O=C(OCc1ccccc1)N1C2CCC1CSC2. The molecule has 0 aromatic heterocycles. The maximum atomic E-state index is 12.1. The molecule has 0 radical (unpaired) electrons. The van der Waals surface area contributed by atoms with E-state index in [-0.39, 0.29) is 6.09 Å². The number of benzene rings is 1. The molecule has 3 nitrogen and oxygen atoms in total. The molecule has 18 heavy (non-hydrogen) atoms. The Morgan fingerprint density at radius 2 is 1.89 bits per heavy atom. The molecule has 0 spiro atoms. The Kier molecular flexibility index (Phi) is 3.46. The molecule has 0 N–H and O–H groups in total. The Morgan fingerprint density at radius 3 is 2.56 bits per heavy atom. The first-order chi connectivity index (χ1) is 8.84. The Hall–Kier alpha value is -1.16. The first-order valence-corrected chi connectivity index (χ1v) is 7.57. The molecule has 3 rings (SSSR count). The predicted octanol–water partition coefficient (Wildman–Crippen LogP) is 2.90. The number of rotatable bonds is 2. The van der Waals surface area contributed by atoms with E-state index in [9.17, 15) is 4.79 Å². The molecule has 2 aliphatic heterocycles. The van der Waals surface area contributed by atoms with E-state index in [0.29, 0.717) is 18.7 Å². The maximum Gasteiger partial charge on any atom is 0.410 e. The van der Waals surface area contributed by atoms with Gasteiger partial charge >= 0.3 is 6.09 Å². The van der Waals surface area contributed by atoms with Gasteiger partial charge in [-0.25, -0.2) is 4.79 Å². The lowest BCUT2D eigenvalue weighted by molar-refractivity contribution is 0.0831. The van der Waals surface area contributed by atoms with Gasteiger partial charge < -0.3 is 9.64 Å². The summed E-state index contributed by atoms with van der Waals surface area (Å²) in [6.07, 6.45) is 2.14. The number of carbonyl (C=O) groups is 1. The second kappa shape index (κ2) is 5.22. The second-order valence-electron chi connectivity index (χ2n) is 4.87. The topological polar surface area (TPSA) is 29.5 Å². The molecule has 2 saturated heterocycles. The van der Waals surface area contributed by atoms with E-state index in [2.05, 4.69) is 0 Å². The molecule has 4 heteroatoms. The minimum Gasteiger partial charge on any atom is -0.445 e. The number of hydrogen-bond donors (Lipinski definition) is 0. The van der Waals surface area contributed by atoms with Crippen LogP contribution in [0.15, 0.2) is 30.3 Å². The van der Waals surface area contributed by atoms with E-state index < -0.39 is 0 Å². The zero-order valence-corrected chi connectivity index (χ0v) is 11.1. The van der Waals surface area contributed by atoms with Crippen LogP contribution in [0.5, 0.6) is 0 Å². The third kappa shape index (κ3) is 2.34. The van der Waals surface area contributed by atoms with Crippen LogP contribution in [0.1, 0.15) is 18.4 Å². The standard InChI is InChI=1S/C14H17NO2S/c16-14(17-8-11-4-2-1-3-5-11)15-12-6-7-13(15)10-18-9-12/h1-5,12-13H,6-10H2. The lowest BCUT2D eigenvalue weighted by Crippen LogP contribution is -2.46. The summed E-state index contributed by atoms with van der Waals surface area (Å²) in [4.78, 5) is 14.1. The van der Waals surface area contributed by atoms with Crippen LogP contribution in [0.3, 0.4) is 0 Å². The average Bonchev–Trinajstić information content (AvgIpc) is 2.67. The van der Waals surface area contributed by atoms with E-state index in [0.717, 1.165) is 29.9 Å². The lowest BCUT2D eigenvalue weighted by atomic mass is 10.2. The molecule has 2 fully saturated rings. The summed E-state index contributed by atoms with van der Waals surface area (Å²) in [6, 6.07) is 10.7. The molecule has 2 atom stereocenters. The molecular formula is C14H17NO2S. The zero-order chi connectivity index (χ0) is 12.4. The summed E-state index contributed by atoms with van der Waals surface area (Å²) >= 11 is 1.96. The van der Waals surface area contributed by atoms with Crippen molar-refractivity contribution in [2.45, 2.75) is 31.5 Å². The van der Waals surface area contributed by atoms with Crippen LogP contribution in [-0.2, 0) is 11.3 Å². The van der Waals surface area contributed by atoms with Crippen molar-refractivity contribution in [2.24, 2.45) is 0 Å². The van der Waals surface area contributed by atoms with E-state index in [1.807, 2.05) is 47.0 Å². The number of amides is 1. The van der Waals surface area contributed by atoms with Gasteiger partial charge in [0.05, 0.1) is 0 Å². The van der Waals surface area contributed by atoms with Crippen molar-refractivity contribution < 1.29 is 9.53 Å². The molecule has 0 saturated carbocycles. The molecule has 2 bridgehead atoms. The van der Waals surface area contributed by atoms with Gasteiger partial charge in [0.15, 0.2) is 0 Å². The highest BCUT2D eigenvalue weighted by molar-refractivity contribution is 7.99. The van der Waals surface area contributed by atoms with Gasteiger partial charge in [-0.1, -0.05) is 30.3 Å². The van der Waals surface area contributed by atoms with Crippen LogP contribution < -0.4 is 0 Å². The highest BCUT2D eigenvalue weighted by Crippen LogP contribution is 2.34.